The van der Waals surface area contributed by atoms with Gasteiger partial charge in [-0.2, -0.15) is 0 Å². The van der Waals surface area contributed by atoms with Crippen LogP contribution in [0.4, 0.5) is 11.4 Å². The molecule has 0 aliphatic rings. The minimum atomic E-state index is -3.92. The Labute approximate surface area is 183 Å². The van der Waals surface area contributed by atoms with E-state index in [2.05, 4.69) is 10.0 Å². The summed E-state index contributed by atoms with van der Waals surface area (Å²) in [6, 6.07) is 17.4. The van der Waals surface area contributed by atoms with Crippen LogP contribution in [0, 0.1) is 0 Å². The van der Waals surface area contributed by atoms with Gasteiger partial charge in [-0.15, -0.1) is 11.8 Å². The minimum absolute atomic E-state index is 0.0240. The van der Waals surface area contributed by atoms with Gasteiger partial charge >= 0.3 is 0 Å². The molecule has 0 saturated carbocycles. The number of hydrogen-bond acceptors (Lipinski definition) is 4. The Bertz CT molecular complexity index is 1150. The summed E-state index contributed by atoms with van der Waals surface area (Å²) in [6.07, 6.45) is 1.90. The number of carbonyl (C=O) groups excluding carboxylic acids is 1. The molecule has 1 amide bonds. The first kappa shape index (κ1) is 21.5. The Morgan fingerprint density at radius 3 is 2.24 bits per heavy atom. The summed E-state index contributed by atoms with van der Waals surface area (Å²) >= 11 is 13.4. The van der Waals surface area contributed by atoms with Gasteiger partial charge in [-0.1, -0.05) is 35.3 Å². The first-order valence-electron chi connectivity index (χ1n) is 8.32. The number of nitrogens with one attached hydrogen (secondary N) is 2. The van der Waals surface area contributed by atoms with Crippen molar-refractivity contribution in [3.8, 4) is 0 Å². The standard InChI is InChI=1S/C20H16Cl2N2O3S2/c1-28-19-5-3-2-4-18(19)23-20(25)16-12-14(22)8-11-17(16)24-29(26,27)15-9-6-13(21)7-10-15/h2-12,24H,1H3,(H,23,25). The first-order valence-corrected chi connectivity index (χ1v) is 11.8. The highest BCUT2D eigenvalue weighted by Gasteiger charge is 2.20. The number of hydrogen-bond donors (Lipinski definition) is 2. The third-order valence-electron chi connectivity index (χ3n) is 3.95. The molecule has 3 aromatic rings. The summed E-state index contributed by atoms with van der Waals surface area (Å²) in [5, 5.41) is 3.54. The Hall–Kier alpha value is -2.19. The van der Waals surface area contributed by atoms with Gasteiger partial charge in [0, 0.05) is 14.9 Å². The number of benzene rings is 3. The molecule has 150 valence electrons. The molecule has 5 nitrogen and oxygen atoms in total. The van der Waals surface area contributed by atoms with E-state index < -0.39 is 15.9 Å². The monoisotopic (exact) mass is 466 g/mol. The van der Waals surface area contributed by atoms with Gasteiger partial charge in [0.2, 0.25) is 0 Å². The van der Waals surface area contributed by atoms with Crippen LogP contribution in [-0.4, -0.2) is 20.6 Å². The summed E-state index contributed by atoms with van der Waals surface area (Å²) in [6.45, 7) is 0. The predicted molar refractivity (Wildman–Crippen MR) is 120 cm³/mol. The summed E-state index contributed by atoms with van der Waals surface area (Å²) in [5.41, 5.74) is 0.839. The third-order valence-corrected chi connectivity index (χ3v) is 6.61. The van der Waals surface area contributed by atoms with E-state index in [1.807, 2.05) is 18.4 Å². The van der Waals surface area contributed by atoms with E-state index in [1.54, 1.807) is 12.1 Å². The van der Waals surface area contributed by atoms with Gasteiger partial charge < -0.3 is 5.32 Å². The van der Waals surface area contributed by atoms with E-state index in [0.717, 1.165) is 4.90 Å². The van der Waals surface area contributed by atoms with Gasteiger partial charge in [-0.05, 0) is 60.9 Å². The van der Waals surface area contributed by atoms with Crippen LogP contribution in [0.1, 0.15) is 10.4 Å². The Morgan fingerprint density at radius 2 is 1.55 bits per heavy atom. The molecule has 0 bridgehead atoms. The number of amides is 1. The number of thioether (sulfide) groups is 1. The molecule has 0 heterocycles. The van der Waals surface area contributed by atoms with Crippen LogP contribution < -0.4 is 10.0 Å². The fraction of sp³-hybridized carbons (Fsp3) is 0.0500. The Kier molecular flexibility index (Phi) is 6.74. The summed E-state index contributed by atoms with van der Waals surface area (Å²) in [4.78, 5) is 13.8. The van der Waals surface area contributed by atoms with E-state index in [0.29, 0.717) is 15.7 Å². The van der Waals surface area contributed by atoms with Gasteiger partial charge in [-0.3, -0.25) is 9.52 Å². The molecule has 9 heteroatoms. The third kappa shape index (κ3) is 5.25. The molecule has 0 radical (unpaired) electrons. The maximum atomic E-state index is 12.9. The second kappa shape index (κ2) is 9.09. The lowest BCUT2D eigenvalue weighted by molar-refractivity contribution is 0.102. The first-order chi connectivity index (χ1) is 13.8. The van der Waals surface area contributed by atoms with Crippen molar-refractivity contribution in [2.75, 3.05) is 16.3 Å². The van der Waals surface area contributed by atoms with Crippen LogP contribution in [0.5, 0.6) is 0 Å². The quantitative estimate of drug-likeness (QED) is 0.452. The number of sulfonamides is 1. The number of anilines is 2. The molecule has 0 unspecified atom stereocenters. The molecule has 0 aliphatic carbocycles. The number of rotatable bonds is 6. The van der Waals surface area contributed by atoms with Gasteiger partial charge in [0.25, 0.3) is 15.9 Å². The highest BCUT2D eigenvalue weighted by atomic mass is 35.5. The fourth-order valence-electron chi connectivity index (χ4n) is 2.55. The number of carbonyl (C=O) groups is 1. The zero-order valence-corrected chi connectivity index (χ0v) is 18.3. The maximum absolute atomic E-state index is 12.9. The molecule has 0 saturated heterocycles. The minimum Gasteiger partial charge on any atom is -0.321 e. The van der Waals surface area contributed by atoms with Crippen molar-refractivity contribution in [3.63, 3.8) is 0 Å². The molecule has 2 N–H and O–H groups in total. The lowest BCUT2D eigenvalue weighted by Gasteiger charge is -2.14. The molecule has 0 aromatic heterocycles. The molecule has 0 atom stereocenters. The van der Waals surface area contributed by atoms with Crippen molar-refractivity contribution >= 4 is 62.3 Å². The molecular weight excluding hydrogens is 451 g/mol. The van der Waals surface area contributed by atoms with Crippen LogP contribution >= 0.6 is 35.0 Å². The normalized spacial score (nSPS) is 11.1. The van der Waals surface area contributed by atoms with Gasteiger partial charge in [0.15, 0.2) is 0 Å². The number of para-hydroxylation sites is 1. The average Bonchev–Trinajstić information content (AvgIpc) is 2.70. The van der Waals surface area contributed by atoms with Crippen molar-refractivity contribution < 1.29 is 13.2 Å². The second-order valence-electron chi connectivity index (χ2n) is 5.90. The van der Waals surface area contributed by atoms with E-state index in [4.69, 9.17) is 23.2 Å². The Balaban J connectivity index is 1.93. The van der Waals surface area contributed by atoms with Crippen LogP contribution in [0.25, 0.3) is 0 Å². The molecule has 0 fully saturated rings. The van der Waals surface area contributed by atoms with Gasteiger partial charge in [0.1, 0.15) is 0 Å². The second-order valence-corrected chi connectivity index (χ2v) is 9.31. The summed E-state index contributed by atoms with van der Waals surface area (Å²) in [5.74, 6) is -0.484. The van der Waals surface area contributed by atoms with E-state index in [-0.39, 0.29) is 16.1 Å². The number of halogens is 2. The molecule has 29 heavy (non-hydrogen) atoms. The lowest BCUT2D eigenvalue weighted by atomic mass is 10.1. The molecule has 3 aromatic carbocycles. The van der Waals surface area contributed by atoms with Crippen molar-refractivity contribution in [1.82, 2.24) is 0 Å². The zero-order chi connectivity index (χ0) is 21.0. The smallest absolute Gasteiger partial charge is 0.261 e. The van der Waals surface area contributed by atoms with Gasteiger partial charge in [-0.25, -0.2) is 8.42 Å². The maximum Gasteiger partial charge on any atom is 0.261 e. The van der Waals surface area contributed by atoms with Crippen molar-refractivity contribution in [2.24, 2.45) is 0 Å². The van der Waals surface area contributed by atoms with E-state index >= 15 is 0 Å². The average molecular weight is 467 g/mol. The SMILES string of the molecule is CSc1ccccc1NC(=O)c1cc(Cl)ccc1NS(=O)(=O)c1ccc(Cl)cc1. The largest absolute Gasteiger partial charge is 0.321 e. The lowest BCUT2D eigenvalue weighted by Crippen LogP contribution is -2.19. The van der Waals surface area contributed by atoms with Crippen LogP contribution in [-0.2, 0) is 10.0 Å². The summed E-state index contributed by atoms with van der Waals surface area (Å²) < 4.78 is 27.9. The van der Waals surface area contributed by atoms with Gasteiger partial charge in [0.05, 0.1) is 21.8 Å². The topological polar surface area (TPSA) is 75.3 Å². The van der Waals surface area contributed by atoms with E-state index in [9.17, 15) is 13.2 Å². The van der Waals surface area contributed by atoms with Crippen molar-refractivity contribution in [1.29, 1.82) is 0 Å². The molecule has 0 spiro atoms. The highest BCUT2D eigenvalue weighted by Crippen LogP contribution is 2.28. The molecule has 3 rings (SSSR count). The van der Waals surface area contributed by atoms with Crippen LogP contribution in [0.3, 0.4) is 0 Å². The fourth-order valence-corrected chi connectivity index (χ4v) is 4.48. The van der Waals surface area contributed by atoms with Crippen LogP contribution in [0.15, 0.2) is 76.5 Å². The molecular formula is C20H16Cl2N2O3S2. The van der Waals surface area contributed by atoms with Crippen LogP contribution in [0.2, 0.25) is 10.0 Å². The van der Waals surface area contributed by atoms with Crippen molar-refractivity contribution in [2.45, 2.75) is 9.79 Å². The van der Waals surface area contributed by atoms with Crippen molar-refractivity contribution in [3.05, 3.63) is 82.3 Å². The Morgan fingerprint density at radius 1 is 0.897 bits per heavy atom. The predicted octanol–water partition coefficient (Wildman–Crippen LogP) is 5.77. The zero-order valence-electron chi connectivity index (χ0n) is 15.1. The van der Waals surface area contributed by atoms with E-state index in [1.165, 1.54) is 54.2 Å². The summed E-state index contributed by atoms with van der Waals surface area (Å²) in [7, 11) is -3.92. The molecule has 0 aliphatic heterocycles. The highest BCUT2D eigenvalue weighted by molar-refractivity contribution is 7.98.